The summed E-state index contributed by atoms with van der Waals surface area (Å²) in [6, 6.07) is 17.9. The van der Waals surface area contributed by atoms with Crippen molar-refractivity contribution in [3.8, 4) is 5.75 Å². The van der Waals surface area contributed by atoms with E-state index in [1.807, 2.05) is 31.2 Å². The van der Waals surface area contributed by atoms with E-state index in [0.717, 1.165) is 26.6 Å². The van der Waals surface area contributed by atoms with E-state index in [1.54, 1.807) is 57.2 Å². The number of hydrogen-bond acceptors (Lipinski definition) is 6. The molecule has 0 atom stereocenters. The van der Waals surface area contributed by atoms with Gasteiger partial charge in [-0.05, 0) is 69.7 Å². The van der Waals surface area contributed by atoms with Crippen LogP contribution >= 0.6 is 15.9 Å². The third-order valence-electron chi connectivity index (χ3n) is 5.29. The first-order chi connectivity index (χ1) is 17.6. The van der Waals surface area contributed by atoms with Crippen LogP contribution in [0.2, 0.25) is 0 Å². The van der Waals surface area contributed by atoms with Crippen LogP contribution in [0.25, 0.3) is 10.9 Å². The Morgan fingerprint density at radius 1 is 0.946 bits per heavy atom. The summed E-state index contributed by atoms with van der Waals surface area (Å²) in [5.41, 5.74) is 3.24. The lowest BCUT2D eigenvalue weighted by Crippen LogP contribution is -2.27. The summed E-state index contributed by atoms with van der Waals surface area (Å²) < 4.78 is 12.2. The van der Waals surface area contributed by atoms with Crippen molar-refractivity contribution in [3.63, 3.8) is 0 Å². The number of rotatable bonds is 6. The second kappa shape index (κ2) is 11.0. The first kappa shape index (κ1) is 26.1. The van der Waals surface area contributed by atoms with Gasteiger partial charge in [-0.3, -0.25) is 10.1 Å². The number of halogens is 1. The molecule has 4 rings (SSSR count). The summed E-state index contributed by atoms with van der Waals surface area (Å²) in [6.07, 6.45) is 0.922. The van der Waals surface area contributed by atoms with E-state index in [2.05, 4.69) is 36.5 Å². The SMILES string of the molecule is Cc1ncnc2c(OCc3ccc(C(=O)Nc4ccccc4NC(=O)OC(C)(C)C)cc3)cc(Br)cc12. The van der Waals surface area contributed by atoms with Gasteiger partial charge in [-0.1, -0.05) is 40.2 Å². The highest BCUT2D eigenvalue weighted by atomic mass is 79.9. The highest BCUT2D eigenvalue weighted by Gasteiger charge is 2.18. The number of hydrogen-bond donors (Lipinski definition) is 2. The number of fused-ring (bicyclic) bond motifs is 1. The van der Waals surface area contributed by atoms with Gasteiger partial charge in [0.1, 0.15) is 29.8 Å². The molecule has 0 bridgehead atoms. The fourth-order valence-corrected chi connectivity index (χ4v) is 4.00. The smallest absolute Gasteiger partial charge is 0.412 e. The van der Waals surface area contributed by atoms with E-state index in [4.69, 9.17) is 9.47 Å². The first-order valence-corrected chi connectivity index (χ1v) is 12.4. The Hall–Kier alpha value is -3.98. The highest BCUT2D eigenvalue weighted by molar-refractivity contribution is 9.10. The van der Waals surface area contributed by atoms with Gasteiger partial charge in [-0.15, -0.1) is 0 Å². The Morgan fingerprint density at radius 3 is 2.30 bits per heavy atom. The summed E-state index contributed by atoms with van der Waals surface area (Å²) in [5.74, 6) is 0.335. The molecule has 0 fully saturated rings. The van der Waals surface area contributed by atoms with Gasteiger partial charge in [0.15, 0.2) is 0 Å². The average molecular weight is 563 g/mol. The molecule has 37 heavy (non-hydrogen) atoms. The maximum atomic E-state index is 12.9. The van der Waals surface area contributed by atoms with Gasteiger partial charge in [0.2, 0.25) is 0 Å². The average Bonchev–Trinajstić information content (AvgIpc) is 2.83. The van der Waals surface area contributed by atoms with Gasteiger partial charge in [0.25, 0.3) is 5.91 Å². The molecular formula is C28H27BrN4O4. The molecule has 2 amide bonds. The van der Waals surface area contributed by atoms with Crippen LogP contribution in [0, 0.1) is 6.92 Å². The highest BCUT2D eigenvalue weighted by Crippen LogP contribution is 2.30. The third kappa shape index (κ3) is 6.83. The molecule has 4 aromatic rings. The van der Waals surface area contributed by atoms with Gasteiger partial charge in [-0.25, -0.2) is 14.8 Å². The number of carbonyl (C=O) groups is 2. The number of benzene rings is 3. The molecule has 0 aliphatic carbocycles. The van der Waals surface area contributed by atoms with Crippen molar-refractivity contribution in [2.24, 2.45) is 0 Å². The minimum absolute atomic E-state index is 0.305. The Morgan fingerprint density at radius 2 is 1.62 bits per heavy atom. The Kier molecular flexibility index (Phi) is 7.73. The van der Waals surface area contributed by atoms with Gasteiger partial charge in [0, 0.05) is 21.1 Å². The van der Waals surface area contributed by atoms with Crippen molar-refractivity contribution in [2.75, 3.05) is 10.6 Å². The minimum Gasteiger partial charge on any atom is -0.487 e. The lowest BCUT2D eigenvalue weighted by molar-refractivity contribution is 0.0635. The molecule has 0 unspecified atom stereocenters. The largest absolute Gasteiger partial charge is 0.487 e. The molecule has 1 aromatic heterocycles. The lowest BCUT2D eigenvalue weighted by atomic mass is 10.1. The normalized spacial score (nSPS) is 11.2. The standard InChI is InChI=1S/C28H27BrN4O4/c1-17-21-13-20(29)14-24(25(21)31-16-30-17)36-15-18-9-11-19(12-10-18)26(34)32-22-7-5-6-8-23(22)33-27(35)37-28(2,3)4/h5-14,16H,15H2,1-4H3,(H,32,34)(H,33,35). The minimum atomic E-state index is -0.634. The van der Waals surface area contributed by atoms with E-state index >= 15 is 0 Å². The zero-order chi connectivity index (χ0) is 26.6. The summed E-state index contributed by atoms with van der Waals surface area (Å²) in [4.78, 5) is 33.7. The molecule has 0 aliphatic rings. The maximum absolute atomic E-state index is 12.9. The van der Waals surface area contributed by atoms with E-state index in [1.165, 1.54) is 6.33 Å². The molecule has 1 heterocycles. The van der Waals surface area contributed by atoms with Gasteiger partial charge < -0.3 is 14.8 Å². The second-order valence-corrected chi connectivity index (χ2v) is 10.3. The molecule has 0 spiro atoms. The molecule has 0 saturated carbocycles. The third-order valence-corrected chi connectivity index (χ3v) is 5.75. The van der Waals surface area contributed by atoms with Crippen LogP contribution in [-0.4, -0.2) is 27.6 Å². The number of aryl methyl sites for hydroxylation is 1. The topological polar surface area (TPSA) is 102 Å². The molecule has 190 valence electrons. The number of anilines is 2. The van der Waals surface area contributed by atoms with Crippen LogP contribution in [0.15, 0.2) is 71.5 Å². The molecular weight excluding hydrogens is 536 g/mol. The maximum Gasteiger partial charge on any atom is 0.412 e. The number of amides is 2. The molecule has 2 N–H and O–H groups in total. The summed E-state index contributed by atoms with van der Waals surface area (Å²) in [6.45, 7) is 7.58. The zero-order valence-corrected chi connectivity index (χ0v) is 22.5. The molecule has 3 aromatic carbocycles. The van der Waals surface area contributed by atoms with Crippen LogP contribution in [0.5, 0.6) is 5.75 Å². The van der Waals surface area contributed by atoms with Crippen LogP contribution in [0.1, 0.15) is 42.4 Å². The van der Waals surface area contributed by atoms with Crippen molar-refractivity contribution >= 4 is 50.2 Å². The molecule has 8 nitrogen and oxygen atoms in total. The monoisotopic (exact) mass is 562 g/mol. The van der Waals surface area contributed by atoms with Crippen molar-refractivity contribution < 1.29 is 19.1 Å². The molecule has 9 heteroatoms. The fourth-order valence-electron chi connectivity index (χ4n) is 3.56. The predicted molar refractivity (Wildman–Crippen MR) is 147 cm³/mol. The zero-order valence-electron chi connectivity index (χ0n) is 21.0. The Balaban J connectivity index is 1.42. The number of aromatic nitrogens is 2. The van der Waals surface area contributed by atoms with Crippen molar-refractivity contribution in [2.45, 2.75) is 39.9 Å². The van der Waals surface area contributed by atoms with Crippen LogP contribution in [0.4, 0.5) is 16.2 Å². The van der Waals surface area contributed by atoms with Crippen LogP contribution < -0.4 is 15.4 Å². The number of ether oxygens (including phenoxy) is 2. The van der Waals surface area contributed by atoms with Gasteiger partial charge in [0.05, 0.1) is 11.4 Å². The molecule has 0 aliphatic heterocycles. The fraction of sp³-hybridized carbons (Fsp3) is 0.214. The van der Waals surface area contributed by atoms with Gasteiger partial charge >= 0.3 is 6.09 Å². The van der Waals surface area contributed by atoms with Crippen LogP contribution in [-0.2, 0) is 11.3 Å². The number of para-hydroxylation sites is 2. The Labute approximate surface area is 223 Å². The first-order valence-electron chi connectivity index (χ1n) is 11.6. The van der Waals surface area contributed by atoms with E-state index < -0.39 is 11.7 Å². The lowest BCUT2D eigenvalue weighted by Gasteiger charge is -2.20. The van der Waals surface area contributed by atoms with Crippen molar-refractivity contribution in [1.82, 2.24) is 9.97 Å². The second-order valence-electron chi connectivity index (χ2n) is 9.37. The molecule has 0 saturated heterocycles. The summed E-state index contributed by atoms with van der Waals surface area (Å²) >= 11 is 3.52. The van der Waals surface area contributed by atoms with E-state index in [9.17, 15) is 9.59 Å². The van der Waals surface area contributed by atoms with Crippen molar-refractivity contribution in [3.05, 3.63) is 88.3 Å². The number of nitrogens with one attached hydrogen (secondary N) is 2. The van der Waals surface area contributed by atoms with Crippen LogP contribution in [0.3, 0.4) is 0 Å². The number of carbonyl (C=O) groups excluding carboxylic acids is 2. The summed E-state index contributed by atoms with van der Waals surface area (Å²) in [5, 5.41) is 6.44. The number of nitrogens with zero attached hydrogens (tertiary/aromatic N) is 2. The Bertz CT molecular complexity index is 1450. The molecule has 0 radical (unpaired) electrons. The quantitative estimate of drug-likeness (QED) is 0.265. The predicted octanol–water partition coefficient (Wildman–Crippen LogP) is 6.88. The summed E-state index contributed by atoms with van der Waals surface area (Å²) in [7, 11) is 0. The van der Waals surface area contributed by atoms with Crippen molar-refractivity contribution in [1.29, 1.82) is 0 Å². The van der Waals surface area contributed by atoms with E-state index in [-0.39, 0.29) is 5.91 Å². The van der Waals surface area contributed by atoms with Gasteiger partial charge in [-0.2, -0.15) is 0 Å². The van der Waals surface area contributed by atoms with E-state index in [0.29, 0.717) is 29.3 Å².